The van der Waals surface area contributed by atoms with Gasteiger partial charge in [-0.1, -0.05) is 29.8 Å². The number of aromatic nitrogens is 1. The maximum atomic E-state index is 12.4. The minimum atomic E-state index is -0.318. The molecule has 0 saturated carbocycles. The lowest BCUT2D eigenvalue weighted by molar-refractivity contribution is -0.116. The molecule has 0 aliphatic carbocycles. The molecule has 132 valence electrons. The fraction of sp³-hybridized carbons (Fsp3) is 0.0588. The van der Waals surface area contributed by atoms with Gasteiger partial charge in [0, 0.05) is 16.1 Å². The predicted molar refractivity (Wildman–Crippen MR) is 105 cm³/mol. The average Bonchev–Trinajstić information content (AvgIpc) is 2.87. The summed E-state index contributed by atoms with van der Waals surface area (Å²) in [6.45, 7) is -0.114. The molecule has 7 nitrogen and oxygen atoms in total. The molecular weight excluding hydrogens is 374 g/mol. The smallest absolute Gasteiger partial charge is 0.244 e. The molecule has 0 unspecified atom stereocenters. The highest BCUT2D eigenvalue weighted by Gasteiger charge is 2.18. The van der Waals surface area contributed by atoms with E-state index in [1.54, 1.807) is 48.5 Å². The van der Waals surface area contributed by atoms with Crippen LogP contribution in [0.15, 0.2) is 58.8 Å². The van der Waals surface area contributed by atoms with E-state index in [1.807, 2.05) is 0 Å². The predicted octanol–water partition coefficient (Wildman–Crippen LogP) is 3.97. The summed E-state index contributed by atoms with van der Waals surface area (Å²) in [6.07, 6.45) is 0. The van der Waals surface area contributed by atoms with Gasteiger partial charge in [-0.15, -0.1) is 10.2 Å². The van der Waals surface area contributed by atoms with Crippen LogP contribution in [-0.2, 0) is 11.3 Å². The molecule has 0 saturated heterocycles. The highest BCUT2D eigenvalue weighted by Crippen LogP contribution is 2.38. The molecule has 2 aromatic carbocycles. The van der Waals surface area contributed by atoms with Gasteiger partial charge in [-0.25, -0.2) is 0 Å². The van der Waals surface area contributed by atoms with Gasteiger partial charge in [-0.3, -0.25) is 4.79 Å². The number of anilines is 1. The van der Waals surface area contributed by atoms with Gasteiger partial charge in [-0.05, 0) is 42.5 Å². The number of rotatable bonds is 4. The Labute approximate surface area is 159 Å². The van der Waals surface area contributed by atoms with E-state index in [0.717, 1.165) is 0 Å². The van der Waals surface area contributed by atoms with Crippen molar-refractivity contribution in [2.24, 2.45) is 16.0 Å². The summed E-state index contributed by atoms with van der Waals surface area (Å²) in [5, 5.41) is 21.8. The number of nitrogens with zero attached hydrogens (tertiary/aromatic N) is 3. The van der Waals surface area contributed by atoms with Gasteiger partial charge in [0.25, 0.3) is 0 Å². The highest BCUT2D eigenvalue weighted by molar-refractivity contribution is 7.80. The Bertz CT molecular complexity index is 1010. The zero-order chi connectivity index (χ0) is 18.7. The molecule has 0 spiro atoms. The second-order valence-corrected chi connectivity index (χ2v) is 6.22. The zero-order valence-electron chi connectivity index (χ0n) is 13.4. The van der Waals surface area contributed by atoms with Crippen LogP contribution < -0.4 is 11.1 Å². The van der Waals surface area contributed by atoms with Gasteiger partial charge < -0.3 is 20.7 Å². The molecule has 3 aromatic rings. The second kappa shape index (κ2) is 7.51. The summed E-state index contributed by atoms with van der Waals surface area (Å²) in [6, 6.07) is 13.8. The van der Waals surface area contributed by atoms with E-state index >= 15 is 0 Å². The number of para-hydroxylation sites is 1. The number of carbonyl (C=O) groups is 1. The van der Waals surface area contributed by atoms with Crippen molar-refractivity contribution in [2.45, 2.75) is 6.54 Å². The summed E-state index contributed by atoms with van der Waals surface area (Å²) in [5.74, 6) is -0.515. The Balaban J connectivity index is 1.92. The molecule has 1 amide bonds. The number of aromatic hydroxyl groups is 1. The van der Waals surface area contributed by atoms with E-state index in [2.05, 4.69) is 27.8 Å². The van der Waals surface area contributed by atoms with Gasteiger partial charge in [0.2, 0.25) is 16.9 Å². The first kappa shape index (κ1) is 17.8. The van der Waals surface area contributed by atoms with Crippen LogP contribution in [0.25, 0.3) is 10.9 Å². The summed E-state index contributed by atoms with van der Waals surface area (Å²) >= 11 is 10.5. The molecule has 0 radical (unpaired) electrons. The van der Waals surface area contributed by atoms with Gasteiger partial charge in [-0.2, -0.15) is 0 Å². The quantitative estimate of drug-likeness (QED) is 0.465. The third-order valence-corrected chi connectivity index (χ3v) is 3.93. The second-order valence-electron chi connectivity index (χ2n) is 5.37. The van der Waals surface area contributed by atoms with E-state index in [1.165, 1.54) is 4.57 Å². The van der Waals surface area contributed by atoms with Gasteiger partial charge in [0.05, 0.1) is 5.52 Å². The number of hydrogen-bond acceptors (Lipinski definition) is 4. The lowest BCUT2D eigenvalue weighted by Gasteiger charge is -2.08. The minimum absolute atomic E-state index is 0.114. The van der Waals surface area contributed by atoms with Crippen LogP contribution in [0.5, 0.6) is 5.88 Å². The van der Waals surface area contributed by atoms with E-state index in [0.29, 0.717) is 21.6 Å². The number of amides is 1. The lowest BCUT2D eigenvalue weighted by atomic mass is 10.2. The van der Waals surface area contributed by atoms with Crippen LogP contribution >= 0.6 is 23.8 Å². The molecule has 0 bridgehead atoms. The Kier molecular flexibility index (Phi) is 5.15. The number of azo groups is 1. The maximum absolute atomic E-state index is 12.4. The van der Waals surface area contributed by atoms with E-state index < -0.39 is 0 Å². The topological polar surface area (TPSA) is 105 Å². The SMILES string of the molecule is NC(=S)N=Nc1c(O)n(CC(=O)Nc2ccc(Cl)cc2)c2ccccc12. The Morgan fingerprint density at radius 3 is 2.62 bits per heavy atom. The van der Waals surface area contributed by atoms with Crippen molar-refractivity contribution in [3.8, 4) is 5.88 Å². The van der Waals surface area contributed by atoms with Crippen LogP contribution in [0, 0.1) is 0 Å². The Morgan fingerprint density at radius 1 is 1.23 bits per heavy atom. The third-order valence-electron chi connectivity index (χ3n) is 3.60. The van der Waals surface area contributed by atoms with Crippen molar-refractivity contribution in [3.05, 3.63) is 53.6 Å². The Morgan fingerprint density at radius 2 is 1.92 bits per heavy atom. The molecule has 0 fully saturated rings. The minimum Gasteiger partial charge on any atom is -0.493 e. The fourth-order valence-electron chi connectivity index (χ4n) is 2.51. The molecule has 0 atom stereocenters. The number of nitrogens with one attached hydrogen (secondary N) is 1. The van der Waals surface area contributed by atoms with Crippen molar-refractivity contribution in [3.63, 3.8) is 0 Å². The zero-order valence-corrected chi connectivity index (χ0v) is 15.0. The molecule has 1 aromatic heterocycles. The number of thiocarbonyl (C=S) groups is 1. The van der Waals surface area contributed by atoms with Crippen LogP contribution in [0.3, 0.4) is 0 Å². The van der Waals surface area contributed by atoms with Crippen molar-refractivity contribution in [1.29, 1.82) is 0 Å². The molecule has 0 aliphatic rings. The highest BCUT2D eigenvalue weighted by atomic mass is 35.5. The molecular formula is C17H14ClN5O2S. The van der Waals surface area contributed by atoms with Crippen LogP contribution in [-0.4, -0.2) is 20.7 Å². The molecule has 0 aliphatic heterocycles. The van der Waals surface area contributed by atoms with Crippen LogP contribution in [0.4, 0.5) is 11.4 Å². The Hall–Kier alpha value is -2.97. The summed E-state index contributed by atoms with van der Waals surface area (Å²) in [4.78, 5) is 12.4. The monoisotopic (exact) mass is 387 g/mol. The summed E-state index contributed by atoms with van der Waals surface area (Å²) < 4.78 is 1.44. The molecule has 4 N–H and O–H groups in total. The standard InChI is InChI=1S/C17H14ClN5O2S/c18-10-5-7-11(8-6-10)20-14(24)9-23-13-4-2-1-3-12(13)15(16(23)25)21-22-17(19)26/h1-8,25H,9H2,(H2,19,26)(H,20,24). The van der Waals surface area contributed by atoms with Gasteiger partial charge >= 0.3 is 0 Å². The number of carbonyl (C=O) groups excluding carboxylic acids is 1. The fourth-order valence-corrected chi connectivity index (χ4v) is 2.67. The van der Waals surface area contributed by atoms with E-state index in [-0.39, 0.29) is 29.1 Å². The van der Waals surface area contributed by atoms with Gasteiger partial charge in [0.15, 0.2) is 5.69 Å². The van der Waals surface area contributed by atoms with Crippen molar-refractivity contribution >= 4 is 57.1 Å². The maximum Gasteiger partial charge on any atom is 0.244 e. The largest absolute Gasteiger partial charge is 0.493 e. The van der Waals surface area contributed by atoms with E-state index in [4.69, 9.17) is 17.3 Å². The van der Waals surface area contributed by atoms with E-state index in [9.17, 15) is 9.90 Å². The van der Waals surface area contributed by atoms with Crippen molar-refractivity contribution in [1.82, 2.24) is 4.57 Å². The van der Waals surface area contributed by atoms with Crippen molar-refractivity contribution in [2.75, 3.05) is 5.32 Å². The molecule has 9 heteroatoms. The third kappa shape index (κ3) is 3.81. The van der Waals surface area contributed by atoms with Crippen molar-refractivity contribution < 1.29 is 9.90 Å². The number of fused-ring (bicyclic) bond motifs is 1. The van der Waals surface area contributed by atoms with Crippen LogP contribution in [0.1, 0.15) is 0 Å². The molecule has 26 heavy (non-hydrogen) atoms. The van der Waals surface area contributed by atoms with Gasteiger partial charge in [0.1, 0.15) is 6.54 Å². The number of benzene rings is 2. The lowest BCUT2D eigenvalue weighted by Crippen LogP contribution is -2.18. The molecule has 1 heterocycles. The number of halogens is 1. The van der Waals surface area contributed by atoms with Crippen LogP contribution in [0.2, 0.25) is 5.02 Å². The normalized spacial score (nSPS) is 11.1. The number of hydrogen-bond donors (Lipinski definition) is 3. The number of nitrogens with two attached hydrogens (primary N) is 1. The first-order valence-electron chi connectivity index (χ1n) is 7.52. The first-order valence-corrected chi connectivity index (χ1v) is 8.31. The molecule has 3 rings (SSSR count). The summed E-state index contributed by atoms with van der Waals surface area (Å²) in [7, 11) is 0. The first-order chi connectivity index (χ1) is 12.5. The summed E-state index contributed by atoms with van der Waals surface area (Å²) in [5.41, 5.74) is 6.76. The average molecular weight is 388 g/mol.